The minimum Gasteiger partial charge on any atom is -0.497 e. The summed E-state index contributed by atoms with van der Waals surface area (Å²) in [4.78, 5) is 46.9. The summed E-state index contributed by atoms with van der Waals surface area (Å²) in [5.41, 5.74) is 15.9. The molecule has 0 radical (unpaired) electrons. The monoisotopic (exact) mass is 408 g/mol. The first-order valence-corrected chi connectivity index (χ1v) is 9.07. The SMILES string of the molecule is CCC[C@H](N)C(=O)NNC(=O)NCC(=O)N[C@@H](Cc1cccc(OC)c1)C(N)=O. The average molecular weight is 408 g/mol. The van der Waals surface area contributed by atoms with Gasteiger partial charge in [-0.05, 0) is 24.1 Å². The Bertz CT molecular complexity index is 726. The van der Waals surface area contributed by atoms with E-state index in [1.807, 2.05) is 6.92 Å². The molecule has 0 spiro atoms. The van der Waals surface area contributed by atoms with Gasteiger partial charge < -0.3 is 26.8 Å². The predicted molar refractivity (Wildman–Crippen MR) is 105 cm³/mol. The molecule has 0 fully saturated rings. The van der Waals surface area contributed by atoms with Crippen LogP contribution >= 0.6 is 0 Å². The van der Waals surface area contributed by atoms with Gasteiger partial charge in [-0.25, -0.2) is 10.2 Å². The van der Waals surface area contributed by atoms with E-state index in [1.165, 1.54) is 7.11 Å². The molecule has 0 bridgehead atoms. The molecular formula is C18H28N6O5. The number of ether oxygens (including phenoxy) is 1. The van der Waals surface area contributed by atoms with Gasteiger partial charge in [0.15, 0.2) is 0 Å². The zero-order chi connectivity index (χ0) is 21.8. The normalized spacial score (nSPS) is 12.2. The molecule has 5 amide bonds. The van der Waals surface area contributed by atoms with Crippen LogP contribution in [0.4, 0.5) is 4.79 Å². The fraction of sp³-hybridized carbons (Fsp3) is 0.444. The van der Waals surface area contributed by atoms with E-state index < -0.39 is 42.4 Å². The van der Waals surface area contributed by atoms with E-state index in [1.54, 1.807) is 24.3 Å². The van der Waals surface area contributed by atoms with Crippen molar-refractivity contribution < 1.29 is 23.9 Å². The van der Waals surface area contributed by atoms with Crippen LogP contribution in [0.2, 0.25) is 0 Å². The molecule has 1 aromatic rings. The number of urea groups is 1. The van der Waals surface area contributed by atoms with Gasteiger partial charge >= 0.3 is 6.03 Å². The summed E-state index contributed by atoms with van der Waals surface area (Å²) in [7, 11) is 1.52. The summed E-state index contributed by atoms with van der Waals surface area (Å²) >= 11 is 0. The first kappa shape index (κ1) is 23.7. The van der Waals surface area contributed by atoms with E-state index in [2.05, 4.69) is 21.5 Å². The summed E-state index contributed by atoms with van der Waals surface area (Å²) in [6, 6.07) is 4.48. The van der Waals surface area contributed by atoms with Crippen molar-refractivity contribution in [3.8, 4) is 5.75 Å². The first-order valence-electron chi connectivity index (χ1n) is 9.07. The minimum atomic E-state index is -0.966. The number of rotatable bonds is 10. The van der Waals surface area contributed by atoms with Gasteiger partial charge in [-0.2, -0.15) is 0 Å². The van der Waals surface area contributed by atoms with Crippen LogP contribution < -0.4 is 37.7 Å². The van der Waals surface area contributed by atoms with Crippen molar-refractivity contribution >= 4 is 23.8 Å². The largest absolute Gasteiger partial charge is 0.497 e. The van der Waals surface area contributed by atoms with Gasteiger partial charge in [0.05, 0.1) is 19.7 Å². The second-order valence-corrected chi connectivity index (χ2v) is 6.27. The molecule has 2 atom stereocenters. The van der Waals surface area contributed by atoms with Crippen LogP contribution in [0.15, 0.2) is 24.3 Å². The highest BCUT2D eigenvalue weighted by molar-refractivity contribution is 5.90. The number of nitrogens with two attached hydrogens (primary N) is 2. The molecule has 0 saturated heterocycles. The third-order valence-electron chi connectivity index (χ3n) is 3.90. The van der Waals surface area contributed by atoms with Crippen molar-refractivity contribution in [2.24, 2.45) is 11.5 Å². The van der Waals surface area contributed by atoms with Gasteiger partial charge in [-0.3, -0.25) is 19.8 Å². The lowest BCUT2D eigenvalue weighted by Crippen LogP contribution is -2.54. The van der Waals surface area contributed by atoms with Gasteiger partial charge in [0, 0.05) is 6.42 Å². The van der Waals surface area contributed by atoms with Gasteiger partial charge in [0.2, 0.25) is 11.8 Å². The molecule has 0 unspecified atom stereocenters. The highest BCUT2D eigenvalue weighted by atomic mass is 16.5. The number of methoxy groups -OCH3 is 1. The summed E-state index contributed by atoms with van der Waals surface area (Å²) < 4.78 is 5.12. The molecule has 0 aliphatic heterocycles. The Morgan fingerprint density at radius 2 is 1.90 bits per heavy atom. The van der Waals surface area contributed by atoms with Crippen LogP contribution in [0, 0.1) is 0 Å². The third-order valence-corrected chi connectivity index (χ3v) is 3.90. The summed E-state index contributed by atoms with van der Waals surface area (Å²) in [5, 5.41) is 4.70. The predicted octanol–water partition coefficient (Wildman–Crippen LogP) is -1.33. The Morgan fingerprint density at radius 1 is 1.17 bits per heavy atom. The van der Waals surface area contributed by atoms with Crippen LogP contribution in [0.25, 0.3) is 0 Å². The summed E-state index contributed by atoms with van der Waals surface area (Å²) in [6.07, 6.45) is 1.35. The van der Waals surface area contributed by atoms with Gasteiger partial charge in [-0.15, -0.1) is 0 Å². The second-order valence-electron chi connectivity index (χ2n) is 6.27. The summed E-state index contributed by atoms with van der Waals surface area (Å²) in [5.74, 6) is -1.28. The molecule has 0 heterocycles. The maximum absolute atomic E-state index is 12.0. The molecule has 160 valence electrons. The molecule has 11 nitrogen and oxygen atoms in total. The standard InChI is InChI=1S/C18H28N6O5/c1-3-5-13(19)17(27)23-24-18(28)21-10-15(25)22-14(16(20)26)9-11-6-4-7-12(8-11)29-2/h4,6-8,13-14H,3,5,9-10,19H2,1-2H3,(H2,20,26)(H,22,25)(H,23,27)(H2,21,24,28)/t13-,14-/m0/s1. The summed E-state index contributed by atoms with van der Waals surface area (Å²) in [6.45, 7) is 1.45. The molecule has 1 aromatic carbocycles. The second kappa shape index (κ2) is 12.2. The first-order chi connectivity index (χ1) is 13.8. The van der Waals surface area contributed by atoms with Crippen LogP contribution in [0.1, 0.15) is 25.3 Å². The number of primary amides is 1. The van der Waals surface area contributed by atoms with E-state index in [-0.39, 0.29) is 6.42 Å². The van der Waals surface area contributed by atoms with Crippen molar-refractivity contribution in [2.75, 3.05) is 13.7 Å². The number of carbonyl (C=O) groups is 4. The molecular weight excluding hydrogens is 380 g/mol. The fourth-order valence-electron chi connectivity index (χ4n) is 2.36. The van der Waals surface area contributed by atoms with Gasteiger partial charge in [-0.1, -0.05) is 25.5 Å². The van der Waals surface area contributed by atoms with Crippen molar-refractivity contribution in [1.29, 1.82) is 0 Å². The zero-order valence-corrected chi connectivity index (χ0v) is 16.5. The Kier molecular flexibility index (Phi) is 9.96. The lowest BCUT2D eigenvalue weighted by atomic mass is 10.1. The highest BCUT2D eigenvalue weighted by Crippen LogP contribution is 2.14. The van der Waals surface area contributed by atoms with E-state index in [4.69, 9.17) is 16.2 Å². The Labute approximate surface area is 168 Å². The van der Waals surface area contributed by atoms with Crippen molar-refractivity contribution in [2.45, 2.75) is 38.3 Å². The van der Waals surface area contributed by atoms with Crippen molar-refractivity contribution in [3.05, 3.63) is 29.8 Å². The Balaban J connectivity index is 2.46. The van der Waals surface area contributed by atoms with Crippen LogP contribution in [-0.2, 0) is 20.8 Å². The maximum atomic E-state index is 12.0. The molecule has 0 saturated carbocycles. The Hall–Kier alpha value is -3.34. The molecule has 0 aliphatic carbocycles. The van der Waals surface area contributed by atoms with Gasteiger partial charge in [0.25, 0.3) is 5.91 Å². The zero-order valence-electron chi connectivity index (χ0n) is 16.5. The van der Waals surface area contributed by atoms with E-state index in [0.29, 0.717) is 12.2 Å². The van der Waals surface area contributed by atoms with Gasteiger partial charge in [0.1, 0.15) is 11.8 Å². The van der Waals surface area contributed by atoms with E-state index in [9.17, 15) is 19.2 Å². The lowest BCUT2D eigenvalue weighted by molar-refractivity contribution is -0.126. The fourth-order valence-corrected chi connectivity index (χ4v) is 2.36. The number of hydrogen-bond acceptors (Lipinski definition) is 6. The van der Waals surface area contributed by atoms with E-state index in [0.717, 1.165) is 12.0 Å². The molecule has 0 aliphatic rings. The quantitative estimate of drug-likeness (QED) is 0.261. The van der Waals surface area contributed by atoms with Crippen LogP contribution in [0.5, 0.6) is 5.75 Å². The molecule has 0 aromatic heterocycles. The maximum Gasteiger partial charge on any atom is 0.333 e. The number of nitrogens with one attached hydrogen (secondary N) is 4. The lowest BCUT2D eigenvalue weighted by Gasteiger charge is -2.17. The number of benzene rings is 1. The number of amides is 5. The molecule has 29 heavy (non-hydrogen) atoms. The average Bonchev–Trinajstić information content (AvgIpc) is 2.70. The van der Waals surface area contributed by atoms with E-state index >= 15 is 0 Å². The highest BCUT2D eigenvalue weighted by Gasteiger charge is 2.19. The minimum absolute atomic E-state index is 0.163. The number of hydrogen-bond donors (Lipinski definition) is 6. The molecule has 8 N–H and O–H groups in total. The number of carbonyl (C=O) groups excluding carboxylic acids is 4. The molecule has 1 rings (SSSR count). The van der Waals surface area contributed by atoms with Crippen molar-refractivity contribution in [1.82, 2.24) is 21.5 Å². The Morgan fingerprint density at radius 3 is 2.52 bits per heavy atom. The third kappa shape index (κ3) is 8.93. The topological polar surface area (TPSA) is 178 Å². The smallest absolute Gasteiger partial charge is 0.333 e. The van der Waals surface area contributed by atoms with Crippen molar-refractivity contribution in [3.63, 3.8) is 0 Å². The number of hydrazine groups is 1. The van der Waals surface area contributed by atoms with Crippen LogP contribution in [-0.4, -0.2) is 49.5 Å². The van der Waals surface area contributed by atoms with Crippen LogP contribution in [0.3, 0.4) is 0 Å². The molecule has 11 heteroatoms.